The number of H-pyrrole nitrogens is 1. The average Bonchev–Trinajstić information content (AvgIpc) is 2.34. The molecule has 1 N–H and O–H groups in total. The second-order valence-corrected chi connectivity index (χ2v) is 1.79. The predicted octanol–water partition coefficient (Wildman–Crippen LogP) is 1.27. The Kier molecular flexibility index (Phi) is 1.92. The summed E-state index contributed by atoms with van der Waals surface area (Å²) in [5.74, 6) is 0. The van der Waals surface area contributed by atoms with Crippen molar-refractivity contribution in [2.45, 2.75) is 12.8 Å². The van der Waals surface area contributed by atoms with Crippen LogP contribution in [0.1, 0.15) is 12.0 Å². The fourth-order valence-electron chi connectivity index (χ4n) is 0.655. The van der Waals surface area contributed by atoms with E-state index in [0.29, 0.717) is 6.42 Å². The van der Waals surface area contributed by atoms with E-state index < -0.39 is 0 Å². The summed E-state index contributed by atoms with van der Waals surface area (Å²) in [6.07, 6.45) is 6.09. The summed E-state index contributed by atoms with van der Waals surface area (Å²) in [7, 11) is 0. The molecule has 2 heteroatoms. The van der Waals surface area contributed by atoms with E-state index in [9.17, 15) is 0 Å². The number of nitrogens with zero attached hydrogens (tertiary/aromatic N) is 1. The molecule has 1 rings (SSSR count). The van der Waals surface area contributed by atoms with E-state index >= 15 is 0 Å². The molecule has 9 heavy (non-hydrogen) atoms. The lowest BCUT2D eigenvalue weighted by atomic mass is 10.2. The number of aromatic nitrogens is 1. The van der Waals surface area contributed by atoms with Gasteiger partial charge in [-0.2, -0.15) is 5.26 Å². The Morgan fingerprint density at radius 3 is 3.22 bits per heavy atom. The van der Waals surface area contributed by atoms with Gasteiger partial charge in [-0.25, -0.2) is 0 Å². The van der Waals surface area contributed by atoms with Crippen LogP contribution < -0.4 is 0 Å². The minimum absolute atomic E-state index is 0.578. The molecule has 0 atom stereocenters. The van der Waals surface area contributed by atoms with Crippen LogP contribution in [0.5, 0.6) is 0 Å². The van der Waals surface area contributed by atoms with Crippen LogP contribution in [-0.4, -0.2) is 4.98 Å². The summed E-state index contributed by atoms with van der Waals surface area (Å²) in [5, 5.41) is 8.19. The second-order valence-electron chi connectivity index (χ2n) is 1.79. The van der Waals surface area contributed by atoms with E-state index in [1.807, 2.05) is 12.3 Å². The van der Waals surface area contributed by atoms with Gasteiger partial charge in [-0.3, -0.25) is 0 Å². The highest BCUT2D eigenvalue weighted by molar-refractivity contribution is 5.07. The number of hydrogen-bond donors (Lipinski definition) is 1. The smallest absolute Gasteiger partial charge is 0.0655 e. The van der Waals surface area contributed by atoms with Crippen molar-refractivity contribution in [3.05, 3.63) is 24.0 Å². The zero-order valence-electron chi connectivity index (χ0n) is 5.02. The van der Waals surface area contributed by atoms with Gasteiger partial charge < -0.3 is 4.98 Å². The SMILES string of the molecule is N#CCCc1[c][nH]cc1. The Labute approximate surface area is 54.1 Å². The molecule has 45 valence electrons. The van der Waals surface area contributed by atoms with Crippen LogP contribution in [0.15, 0.2) is 12.3 Å². The van der Waals surface area contributed by atoms with Gasteiger partial charge in [-0.1, -0.05) is 0 Å². The van der Waals surface area contributed by atoms with Gasteiger partial charge in [0.2, 0.25) is 0 Å². The first-order valence-corrected chi connectivity index (χ1v) is 2.84. The normalized spacial score (nSPS) is 8.78. The van der Waals surface area contributed by atoms with E-state index in [2.05, 4.69) is 17.3 Å². The largest absolute Gasteiger partial charge is 0.360 e. The van der Waals surface area contributed by atoms with E-state index in [0.717, 1.165) is 12.0 Å². The zero-order chi connectivity index (χ0) is 6.53. The monoisotopic (exact) mass is 119 g/mol. The molecule has 0 bridgehead atoms. The number of aryl methyl sites for hydroxylation is 1. The highest BCUT2D eigenvalue weighted by Gasteiger charge is 1.89. The highest BCUT2D eigenvalue weighted by atomic mass is 14.6. The molecule has 0 unspecified atom stereocenters. The number of aromatic amines is 1. The van der Waals surface area contributed by atoms with Crippen molar-refractivity contribution < 1.29 is 0 Å². The quantitative estimate of drug-likeness (QED) is 0.625. The molecule has 0 saturated carbocycles. The van der Waals surface area contributed by atoms with Crippen LogP contribution >= 0.6 is 0 Å². The van der Waals surface area contributed by atoms with Crippen LogP contribution in [-0.2, 0) is 6.42 Å². The predicted molar refractivity (Wildman–Crippen MR) is 33.6 cm³/mol. The standard InChI is InChI=1S/C7H7N2/c8-4-1-2-7-3-5-9-6-7/h3,5,9H,1-2H2. The van der Waals surface area contributed by atoms with E-state index in [-0.39, 0.29) is 0 Å². The van der Waals surface area contributed by atoms with E-state index in [4.69, 9.17) is 5.26 Å². The number of nitriles is 1. The number of nitrogens with one attached hydrogen (secondary N) is 1. The lowest BCUT2D eigenvalue weighted by molar-refractivity contribution is 1.01. The first kappa shape index (κ1) is 5.90. The highest BCUT2D eigenvalue weighted by Crippen LogP contribution is 1.98. The third kappa shape index (κ3) is 1.61. The molecule has 1 radical (unpaired) electrons. The van der Waals surface area contributed by atoms with Crippen molar-refractivity contribution in [3.63, 3.8) is 0 Å². The van der Waals surface area contributed by atoms with Crippen LogP contribution in [0.3, 0.4) is 0 Å². The maximum absolute atomic E-state index is 8.19. The zero-order valence-corrected chi connectivity index (χ0v) is 5.02. The molecule has 0 aromatic carbocycles. The molecule has 0 saturated heterocycles. The van der Waals surface area contributed by atoms with Crippen molar-refractivity contribution in [2.75, 3.05) is 0 Å². The topological polar surface area (TPSA) is 39.6 Å². The van der Waals surface area contributed by atoms with E-state index in [1.165, 1.54) is 0 Å². The van der Waals surface area contributed by atoms with Crippen molar-refractivity contribution in [1.29, 1.82) is 5.26 Å². The lowest BCUT2D eigenvalue weighted by Gasteiger charge is -1.83. The fraction of sp³-hybridized carbons (Fsp3) is 0.286. The summed E-state index contributed by atoms with van der Waals surface area (Å²) >= 11 is 0. The Balaban J connectivity index is 2.41. The summed E-state index contributed by atoms with van der Waals surface area (Å²) in [6.45, 7) is 0. The van der Waals surface area contributed by atoms with Crippen molar-refractivity contribution in [3.8, 4) is 6.07 Å². The number of hydrogen-bond acceptors (Lipinski definition) is 1. The maximum Gasteiger partial charge on any atom is 0.0655 e. The third-order valence-electron chi connectivity index (χ3n) is 1.11. The van der Waals surface area contributed by atoms with Crippen LogP contribution in [0.25, 0.3) is 0 Å². The lowest BCUT2D eigenvalue weighted by Crippen LogP contribution is -1.77. The third-order valence-corrected chi connectivity index (χ3v) is 1.11. The minimum Gasteiger partial charge on any atom is -0.360 e. The molecule has 0 spiro atoms. The molecule has 0 amide bonds. The van der Waals surface area contributed by atoms with Crippen molar-refractivity contribution >= 4 is 0 Å². The van der Waals surface area contributed by atoms with Crippen LogP contribution in [0.2, 0.25) is 0 Å². The second kappa shape index (κ2) is 2.93. The molecule has 2 nitrogen and oxygen atoms in total. The van der Waals surface area contributed by atoms with E-state index in [1.54, 1.807) is 0 Å². The maximum atomic E-state index is 8.19. The van der Waals surface area contributed by atoms with Crippen LogP contribution in [0.4, 0.5) is 0 Å². The van der Waals surface area contributed by atoms with Gasteiger partial charge in [0.25, 0.3) is 0 Å². The molecule has 1 aromatic heterocycles. The van der Waals surface area contributed by atoms with Gasteiger partial charge in [-0.05, 0) is 18.1 Å². The summed E-state index contributed by atoms with van der Waals surface area (Å²) < 4.78 is 0. The molecular formula is C7H7N2. The molecular weight excluding hydrogens is 112 g/mol. The van der Waals surface area contributed by atoms with Gasteiger partial charge in [0, 0.05) is 12.6 Å². The summed E-state index contributed by atoms with van der Waals surface area (Å²) in [4.78, 5) is 2.80. The molecule has 1 aromatic rings. The van der Waals surface area contributed by atoms with Crippen molar-refractivity contribution in [1.82, 2.24) is 4.98 Å². The Morgan fingerprint density at radius 1 is 1.78 bits per heavy atom. The molecule has 0 fully saturated rings. The van der Waals surface area contributed by atoms with Gasteiger partial charge in [-0.15, -0.1) is 0 Å². The first-order chi connectivity index (χ1) is 4.43. The molecule has 0 aliphatic rings. The number of rotatable bonds is 2. The van der Waals surface area contributed by atoms with Crippen molar-refractivity contribution in [2.24, 2.45) is 0 Å². The summed E-state index contributed by atoms with van der Waals surface area (Å²) in [5.41, 5.74) is 1.08. The Bertz CT molecular complexity index is 193. The Morgan fingerprint density at radius 2 is 2.67 bits per heavy atom. The fourth-order valence-corrected chi connectivity index (χ4v) is 0.655. The molecule has 0 aliphatic heterocycles. The Hall–Kier alpha value is -1.23. The average molecular weight is 119 g/mol. The molecule has 1 heterocycles. The minimum atomic E-state index is 0.578. The van der Waals surface area contributed by atoms with Gasteiger partial charge in [0.15, 0.2) is 0 Å². The molecule has 0 aliphatic carbocycles. The summed E-state index contributed by atoms with van der Waals surface area (Å²) in [6, 6.07) is 4.00. The first-order valence-electron chi connectivity index (χ1n) is 2.84. The van der Waals surface area contributed by atoms with Gasteiger partial charge >= 0.3 is 0 Å². The van der Waals surface area contributed by atoms with Crippen LogP contribution in [0, 0.1) is 17.5 Å². The van der Waals surface area contributed by atoms with Gasteiger partial charge in [0.1, 0.15) is 0 Å². The van der Waals surface area contributed by atoms with Gasteiger partial charge in [0.05, 0.1) is 12.3 Å².